The molecule has 1 aliphatic heterocycles. The fraction of sp³-hybridized carbons (Fsp3) is 0.304. The number of pyridine rings is 1. The highest BCUT2D eigenvalue weighted by molar-refractivity contribution is 5.87. The van der Waals surface area contributed by atoms with Crippen molar-refractivity contribution in [3.05, 3.63) is 58.4 Å². The highest BCUT2D eigenvalue weighted by Crippen LogP contribution is 2.28. The van der Waals surface area contributed by atoms with E-state index in [9.17, 15) is 32.5 Å². The third kappa shape index (κ3) is 7.17. The summed E-state index contributed by atoms with van der Waals surface area (Å²) in [5.74, 6) is -2.58. The van der Waals surface area contributed by atoms with E-state index in [1.54, 1.807) is 24.4 Å². The van der Waals surface area contributed by atoms with Gasteiger partial charge in [-0.1, -0.05) is 0 Å². The van der Waals surface area contributed by atoms with Crippen LogP contribution in [0.3, 0.4) is 0 Å². The number of hydrogen-bond acceptors (Lipinski definition) is 8. The van der Waals surface area contributed by atoms with Gasteiger partial charge in [0.1, 0.15) is 24.2 Å². The van der Waals surface area contributed by atoms with E-state index in [1.165, 1.54) is 17.0 Å². The van der Waals surface area contributed by atoms with Gasteiger partial charge in [-0.05, 0) is 30.2 Å². The first-order valence-electron chi connectivity index (χ1n) is 11.1. The maximum Gasteiger partial charge on any atom is 0.490 e. The number of amides is 1. The first-order chi connectivity index (χ1) is 18.3. The van der Waals surface area contributed by atoms with Crippen molar-refractivity contribution in [2.24, 2.45) is 5.73 Å². The maximum atomic E-state index is 13.7. The molecular formula is C23H20F4N6O6. The smallest absolute Gasteiger partial charge is 0.475 e. The monoisotopic (exact) mass is 552 g/mol. The summed E-state index contributed by atoms with van der Waals surface area (Å²) in [6.07, 6.45) is -3.29. The molecule has 1 fully saturated rings. The van der Waals surface area contributed by atoms with Crippen LogP contribution in [0.25, 0.3) is 10.9 Å². The third-order valence-electron chi connectivity index (χ3n) is 5.57. The van der Waals surface area contributed by atoms with Crippen LogP contribution >= 0.6 is 0 Å². The number of likely N-dealkylation sites (tertiary alicyclic amines) is 1. The van der Waals surface area contributed by atoms with Crippen LogP contribution in [0.1, 0.15) is 12.0 Å². The van der Waals surface area contributed by atoms with Crippen molar-refractivity contribution in [2.75, 3.05) is 6.54 Å². The molecule has 12 nitrogen and oxygen atoms in total. The second-order valence-electron chi connectivity index (χ2n) is 8.32. The Morgan fingerprint density at radius 1 is 1.36 bits per heavy atom. The average Bonchev–Trinajstić information content (AvgIpc) is 3.46. The van der Waals surface area contributed by atoms with E-state index in [4.69, 9.17) is 25.6 Å². The van der Waals surface area contributed by atoms with Crippen LogP contribution in [0.5, 0.6) is 11.6 Å². The van der Waals surface area contributed by atoms with Crippen molar-refractivity contribution in [3.8, 4) is 17.7 Å². The predicted octanol–water partition coefficient (Wildman–Crippen LogP) is 3.23. The number of carbonyl (C=O) groups excluding carboxylic acids is 1. The standard InChI is InChI=1S/C21H19FN6O4.C2HF3O2/c22-13-6-15(8-23)27(11-13)21(29)18(24)5-12-9-25-19-3-2-16(7-17(12)19)32-20-4-1-14(10-26-20)28(30)31;3-2(4,5)1(6)7/h1-4,7,9-10,13,15,18,25H,5-6,11,24H2;(H,6,7)/t13?,15-,18-;/m0./s1. The van der Waals surface area contributed by atoms with Gasteiger partial charge in [0.15, 0.2) is 0 Å². The highest BCUT2D eigenvalue weighted by Gasteiger charge is 2.38. The molecule has 1 amide bonds. The molecule has 3 atom stereocenters. The molecule has 1 aliphatic rings. The third-order valence-corrected chi connectivity index (χ3v) is 5.57. The van der Waals surface area contributed by atoms with Crippen molar-refractivity contribution < 1.29 is 41.9 Å². The lowest BCUT2D eigenvalue weighted by atomic mass is 10.0. The molecule has 1 aromatic carbocycles. The van der Waals surface area contributed by atoms with Gasteiger partial charge in [-0.15, -0.1) is 0 Å². The number of nitrogens with zero attached hydrogens (tertiary/aromatic N) is 4. The number of ether oxygens (including phenoxy) is 1. The fourth-order valence-corrected chi connectivity index (χ4v) is 3.74. The second-order valence-corrected chi connectivity index (χ2v) is 8.32. The highest BCUT2D eigenvalue weighted by atomic mass is 19.4. The molecule has 16 heteroatoms. The average molecular weight is 552 g/mol. The van der Waals surface area contributed by atoms with E-state index < -0.39 is 41.2 Å². The molecule has 0 aliphatic carbocycles. The predicted molar refractivity (Wildman–Crippen MR) is 125 cm³/mol. The number of nitrogens with one attached hydrogen (secondary N) is 1. The van der Waals surface area contributed by atoms with Crippen LogP contribution in [0.2, 0.25) is 0 Å². The van der Waals surface area contributed by atoms with Gasteiger partial charge in [0.2, 0.25) is 11.8 Å². The molecule has 3 heterocycles. The van der Waals surface area contributed by atoms with E-state index in [2.05, 4.69) is 9.97 Å². The molecule has 0 radical (unpaired) electrons. The lowest BCUT2D eigenvalue weighted by molar-refractivity contribution is -0.385. The molecule has 4 N–H and O–H groups in total. The summed E-state index contributed by atoms with van der Waals surface area (Å²) in [5.41, 5.74) is 7.52. The van der Waals surface area contributed by atoms with Crippen LogP contribution in [-0.4, -0.2) is 67.8 Å². The van der Waals surface area contributed by atoms with Crippen molar-refractivity contribution >= 4 is 28.5 Å². The van der Waals surface area contributed by atoms with E-state index in [0.717, 1.165) is 22.7 Å². The number of nitro groups is 1. The van der Waals surface area contributed by atoms with Gasteiger partial charge >= 0.3 is 12.1 Å². The molecule has 2 aromatic heterocycles. The maximum absolute atomic E-state index is 13.7. The number of aromatic nitrogens is 2. The molecular weight excluding hydrogens is 532 g/mol. The fourth-order valence-electron chi connectivity index (χ4n) is 3.74. The molecule has 39 heavy (non-hydrogen) atoms. The largest absolute Gasteiger partial charge is 0.490 e. The minimum atomic E-state index is -5.08. The molecule has 4 rings (SSSR count). The van der Waals surface area contributed by atoms with Crippen LogP contribution in [0.4, 0.5) is 23.2 Å². The van der Waals surface area contributed by atoms with Gasteiger partial charge in [0, 0.05) is 35.7 Å². The number of carboxylic acid groups (broad SMARTS) is 1. The Balaban J connectivity index is 0.000000532. The van der Waals surface area contributed by atoms with Gasteiger partial charge in [0.05, 0.1) is 23.6 Å². The summed E-state index contributed by atoms with van der Waals surface area (Å²) in [4.78, 5) is 40.0. The Morgan fingerprint density at radius 3 is 2.62 bits per heavy atom. The van der Waals surface area contributed by atoms with E-state index >= 15 is 0 Å². The zero-order valence-electron chi connectivity index (χ0n) is 19.8. The minimum absolute atomic E-state index is 0.000572. The lowest BCUT2D eigenvalue weighted by Crippen LogP contribution is -2.46. The summed E-state index contributed by atoms with van der Waals surface area (Å²) >= 11 is 0. The molecule has 0 saturated carbocycles. The summed E-state index contributed by atoms with van der Waals surface area (Å²) in [5, 5.41) is 27.8. The van der Waals surface area contributed by atoms with Crippen molar-refractivity contribution in [2.45, 2.75) is 37.3 Å². The second kappa shape index (κ2) is 11.7. The van der Waals surface area contributed by atoms with E-state index in [0.29, 0.717) is 5.75 Å². The Labute approximate surface area is 216 Å². The number of benzene rings is 1. The number of aromatic amines is 1. The number of nitriles is 1. The zero-order chi connectivity index (χ0) is 28.9. The van der Waals surface area contributed by atoms with Crippen LogP contribution in [-0.2, 0) is 16.0 Å². The number of carbonyl (C=O) groups is 2. The van der Waals surface area contributed by atoms with Crippen molar-refractivity contribution in [3.63, 3.8) is 0 Å². The van der Waals surface area contributed by atoms with Gasteiger partial charge in [-0.25, -0.2) is 14.2 Å². The summed E-state index contributed by atoms with van der Waals surface area (Å²) in [6.45, 7) is -0.126. The molecule has 1 unspecified atom stereocenters. The molecule has 1 saturated heterocycles. The number of alkyl halides is 4. The topological polar surface area (TPSA) is 188 Å². The minimum Gasteiger partial charge on any atom is -0.475 e. The number of fused-ring (bicyclic) bond motifs is 1. The summed E-state index contributed by atoms with van der Waals surface area (Å²) < 4.78 is 51.1. The Morgan fingerprint density at radius 2 is 2.05 bits per heavy atom. The summed E-state index contributed by atoms with van der Waals surface area (Å²) in [7, 11) is 0. The van der Waals surface area contributed by atoms with Gasteiger partial charge < -0.3 is 25.5 Å². The number of H-pyrrole nitrogens is 1. The van der Waals surface area contributed by atoms with Crippen molar-refractivity contribution in [1.29, 1.82) is 5.26 Å². The Bertz CT molecular complexity index is 1400. The Hall–Kier alpha value is -4.78. The number of halogens is 4. The van der Waals surface area contributed by atoms with Gasteiger partial charge in [0.25, 0.3) is 5.69 Å². The van der Waals surface area contributed by atoms with Crippen molar-refractivity contribution in [1.82, 2.24) is 14.9 Å². The SMILES string of the molecule is N#C[C@@H]1CC(F)CN1C(=O)[C@@H](N)Cc1c[nH]c2ccc(Oc3ccc([N+](=O)[O-])cn3)cc12.O=C(O)C(F)(F)F. The van der Waals surface area contributed by atoms with Gasteiger partial charge in [-0.2, -0.15) is 18.4 Å². The van der Waals surface area contributed by atoms with E-state index in [1.807, 2.05) is 6.07 Å². The number of aliphatic carboxylic acids is 1. The number of nitrogens with two attached hydrogens (primary N) is 1. The lowest BCUT2D eigenvalue weighted by Gasteiger charge is -2.23. The van der Waals surface area contributed by atoms with Gasteiger partial charge in [-0.3, -0.25) is 14.9 Å². The normalized spacial score (nSPS) is 17.6. The number of carboxylic acids is 1. The first kappa shape index (κ1) is 28.8. The van der Waals surface area contributed by atoms with Crippen LogP contribution < -0.4 is 10.5 Å². The molecule has 3 aromatic rings. The molecule has 0 bridgehead atoms. The zero-order valence-corrected chi connectivity index (χ0v) is 19.8. The Kier molecular flexibility index (Phi) is 8.66. The molecule has 206 valence electrons. The quantitative estimate of drug-likeness (QED) is 0.234. The molecule has 0 spiro atoms. The van der Waals surface area contributed by atoms with E-state index in [-0.39, 0.29) is 31.0 Å². The number of rotatable bonds is 6. The number of hydrogen-bond donors (Lipinski definition) is 3. The van der Waals surface area contributed by atoms with Crippen LogP contribution in [0.15, 0.2) is 42.7 Å². The first-order valence-corrected chi connectivity index (χ1v) is 11.1. The summed E-state index contributed by atoms with van der Waals surface area (Å²) in [6, 6.07) is 8.14. The van der Waals surface area contributed by atoms with Crippen LogP contribution in [0, 0.1) is 21.4 Å².